The third-order valence-corrected chi connectivity index (χ3v) is 5.88. The van der Waals surface area contributed by atoms with Crippen LogP contribution < -0.4 is 10.6 Å². The van der Waals surface area contributed by atoms with Crippen molar-refractivity contribution in [2.24, 2.45) is 4.99 Å². The van der Waals surface area contributed by atoms with E-state index in [1.165, 1.54) is 10.4 Å². The molecule has 0 amide bonds. The lowest BCUT2D eigenvalue weighted by Gasteiger charge is -2.26. The monoisotopic (exact) mass is 401 g/mol. The highest BCUT2D eigenvalue weighted by molar-refractivity contribution is 7.15. The highest BCUT2D eigenvalue weighted by atomic mass is 32.1. The van der Waals surface area contributed by atoms with Crippen molar-refractivity contribution < 1.29 is 4.74 Å². The lowest BCUT2D eigenvalue weighted by atomic mass is 10.2. The van der Waals surface area contributed by atoms with Gasteiger partial charge in [-0.1, -0.05) is 30.3 Å². The number of aromatic nitrogens is 1. The van der Waals surface area contributed by atoms with Crippen molar-refractivity contribution in [2.45, 2.75) is 26.8 Å². The van der Waals surface area contributed by atoms with E-state index in [-0.39, 0.29) is 0 Å². The molecule has 0 atom stereocenters. The molecule has 2 heterocycles. The van der Waals surface area contributed by atoms with E-state index in [0.29, 0.717) is 6.54 Å². The van der Waals surface area contributed by atoms with E-state index in [9.17, 15) is 0 Å². The molecule has 6 nitrogen and oxygen atoms in total. The lowest BCUT2D eigenvalue weighted by molar-refractivity contribution is 0.0376. The quantitative estimate of drug-likeness (QED) is 0.405. The third kappa shape index (κ3) is 6.29. The number of aryl methyl sites for hydroxylation is 1. The van der Waals surface area contributed by atoms with Crippen molar-refractivity contribution in [1.82, 2.24) is 20.5 Å². The highest BCUT2D eigenvalue weighted by Gasteiger charge is 2.10. The molecule has 28 heavy (non-hydrogen) atoms. The van der Waals surface area contributed by atoms with Gasteiger partial charge < -0.3 is 15.4 Å². The summed E-state index contributed by atoms with van der Waals surface area (Å²) in [4.78, 5) is 13.2. The van der Waals surface area contributed by atoms with Crippen LogP contribution in [0.25, 0.3) is 10.6 Å². The topological polar surface area (TPSA) is 61.8 Å². The average molecular weight is 402 g/mol. The molecule has 152 valence electrons. The first-order chi connectivity index (χ1) is 13.8. The summed E-state index contributed by atoms with van der Waals surface area (Å²) < 4.78 is 5.40. The van der Waals surface area contributed by atoms with Crippen LogP contribution in [0.5, 0.6) is 0 Å². The molecule has 1 aromatic heterocycles. The van der Waals surface area contributed by atoms with Crippen LogP contribution in [-0.4, -0.2) is 61.8 Å². The van der Waals surface area contributed by atoms with Crippen molar-refractivity contribution in [2.75, 3.05) is 45.9 Å². The van der Waals surface area contributed by atoms with Gasteiger partial charge in [0.05, 0.1) is 25.5 Å². The Bertz CT molecular complexity index is 741. The first-order valence-electron chi connectivity index (χ1n) is 10.1. The van der Waals surface area contributed by atoms with Gasteiger partial charge in [0.1, 0.15) is 5.01 Å². The van der Waals surface area contributed by atoms with Crippen molar-refractivity contribution in [3.8, 4) is 10.6 Å². The number of nitrogens with zero attached hydrogens (tertiary/aromatic N) is 3. The Morgan fingerprint density at radius 1 is 1.21 bits per heavy atom. The summed E-state index contributed by atoms with van der Waals surface area (Å²) in [5.41, 5.74) is 2.23. The van der Waals surface area contributed by atoms with Gasteiger partial charge in [-0.05, 0) is 26.8 Å². The van der Waals surface area contributed by atoms with Crippen molar-refractivity contribution >= 4 is 17.3 Å². The number of thiazole rings is 1. The number of benzene rings is 1. The molecule has 1 fully saturated rings. The van der Waals surface area contributed by atoms with Crippen LogP contribution in [0, 0.1) is 6.92 Å². The van der Waals surface area contributed by atoms with Crippen LogP contribution >= 0.6 is 11.3 Å². The molecule has 0 bridgehead atoms. The molecule has 0 spiro atoms. The molecule has 1 saturated heterocycles. The fraction of sp³-hybridized carbons (Fsp3) is 0.524. The molecule has 1 aromatic carbocycles. The fourth-order valence-corrected chi connectivity index (χ4v) is 4.10. The van der Waals surface area contributed by atoms with Gasteiger partial charge in [-0.2, -0.15) is 0 Å². The minimum absolute atomic E-state index is 0.648. The van der Waals surface area contributed by atoms with Gasteiger partial charge in [-0.25, -0.2) is 9.98 Å². The first kappa shape index (κ1) is 20.8. The summed E-state index contributed by atoms with van der Waals surface area (Å²) >= 11 is 1.73. The fourth-order valence-electron chi connectivity index (χ4n) is 3.11. The Balaban J connectivity index is 1.51. The Kier molecular flexibility index (Phi) is 8.26. The summed E-state index contributed by atoms with van der Waals surface area (Å²) in [6.07, 6.45) is 1.10. The van der Waals surface area contributed by atoms with E-state index in [2.05, 4.69) is 41.5 Å². The van der Waals surface area contributed by atoms with Gasteiger partial charge in [-0.3, -0.25) is 4.90 Å². The Labute approximate surface area is 172 Å². The van der Waals surface area contributed by atoms with Crippen LogP contribution in [0.4, 0.5) is 0 Å². The normalized spacial score (nSPS) is 15.6. The molecular weight excluding hydrogens is 370 g/mol. The number of hydrogen-bond acceptors (Lipinski definition) is 5. The van der Waals surface area contributed by atoms with Crippen LogP contribution in [0.2, 0.25) is 0 Å². The average Bonchev–Trinajstić information content (AvgIpc) is 3.11. The van der Waals surface area contributed by atoms with Crippen molar-refractivity contribution in [1.29, 1.82) is 0 Å². The number of hydrogen-bond donors (Lipinski definition) is 2. The van der Waals surface area contributed by atoms with Gasteiger partial charge in [0.25, 0.3) is 0 Å². The van der Waals surface area contributed by atoms with E-state index in [0.717, 1.165) is 69.0 Å². The first-order valence-corrected chi connectivity index (χ1v) is 10.9. The summed E-state index contributed by atoms with van der Waals surface area (Å²) in [5, 5.41) is 7.85. The predicted molar refractivity (Wildman–Crippen MR) is 117 cm³/mol. The van der Waals surface area contributed by atoms with Crippen LogP contribution in [0.3, 0.4) is 0 Å². The van der Waals surface area contributed by atoms with E-state index >= 15 is 0 Å². The maximum absolute atomic E-state index is 5.40. The summed E-state index contributed by atoms with van der Waals surface area (Å²) in [6, 6.07) is 10.3. The van der Waals surface area contributed by atoms with Crippen molar-refractivity contribution in [3.63, 3.8) is 0 Å². The zero-order chi connectivity index (χ0) is 19.6. The van der Waals surface area contributed by atoms with E-state index in [1.54, 1.807) is 11.3 Å². The Hall–Kier alpha value is -1.96. The minimum atomic E-state index is 0.648. The summed E-state index contributed by atoms with van der Waals surface area (Å²) in [6.45, 7) is 11.5. The molecule has 0 aliphatic carbocycles. The van der Waals surface area contributed by atoms with Gasteiger partial charge in [0, 0.05) is 36.6 Å². The number of ether oxygens (including phenoxy) is 1. The largest absolute Gasteiger partial charge is 0.379 e. The van der Waals surface area contributed by atoms with E-state index < -0.39 is 0 Å². The number of rotatable bonds is 8. The number of nitrogens with one attached hydrogen (secondary N) is 2. The molecule has 2 aromatic rings. The Morgan fingerprint density at radius 2 is 2.00 bits per heavy atom. The summed E-state index contributed by atoms with van der Waals surface area (Å²) in [5.74, 6) is 0.874. The van der Waals surface area contributed by atoms with Gasteiger partial charge >= 0.3 is 0 Å². The second-order valence-corrected chi connectivity index (χ2v) is 7.91. The molecule has 7 heteroatoms. The molecule has 0 saturated carbocycles. The lowest BCUT2D eigenvalue weighted by Crippen LogP contribution is -2.40. The molecule has 0 unspecified atom stereocenters. The molecule has 1 aliphatic heterocycles. The second-order valence-electron chi connectivity index (χ2n) is 6.82. The van der Waals surface area contributed by atoms with Crippen LogP contribution in [-0.2, 0) is 11.3 Å². The molecule has 1 aliphatic rings. The zero-order valence-electron chi connectivity index (χ0n) is 16.9. The molecule has 2 N–H and O–H groups in total. The molecule has 3 rings (SSSR count). The molecule has 0 radical (unpaired) electrons. The minimum Gasteiger partial charge on any atom is -0.379 e. The number of morpholine rings is 1. The number of aliphatic imine (C=N–C) groups is 1. The standard InChI is InChI=1S/C21H31N5OS/c1-3-22-21(23-10-7-11-26-12-14-27-15-13-26)24-16-19-17(2)25-20(28-19)18-8-5-4-6-9-18/h4-6,8-9H,3,7,10-16H2,1-2H3,(H2,22,23,24). The third-order valence-electron chi connectivity index (χ3n) is 4.69. The second kappa shape index (κ2) is 11.1. The van der Waals surface area contributed by atoms with Gasteiger partial charge in [0.15, 0.2) is 5.96 Å². The van der Waals surface area contributed by atoms with E-state index in [1.807, 2.05) is 18.2 Å². The number of guanidine groups is 1. The van der Waals surface area contributed by atoms with Crippen LogP contribution in [0.15, 0.2) is 35.3 Å². The van der Waals surface area contributed by atoms with Gasteiger partial charge in [0.2, 0.25) is 0 Å². The molecular formula is C21H31N5OS. The highest BCUT2D eigenvalue weighted by Crippen LogP contribution is 2.28. The predicted octanol–water partition coefficient (Wildman–Crippen LogP) is 2.90. The van der Waals surface area contributed by atoms with Crippen LogP contribution in [0.1, 0.15) is 23.9 Å². The Morgan fingerprint density at radius 3 is 2.75 bits per heavy atom. The maximum atomic E-state index is 5.40. The van der Waals surface area contributed by atoms with Crippen molar-refractivity contribution in [3.05, 3.63) is 40.9 Å². The van der Waals surface area contributed by atoms with Gasteiger partial charge in [-0.15, -0.1) is 11.3 Å². The SMILES string of the molecule is CCNC(=NCc1sc(-c2ccccc2)nc1C)NCCCN1CCOCC1. The zero-order valence-corrected chi connectivity index (χ0v) is 17.7. The van der Waals surface area contributed by atoms with E-state index in [4.69, 9.17) is 14.7 Å². The smallest absolute Gasteiger partial charge is 0.191 e. The summed E-state index contributed by atoms with van der Waals surface area (Å²) in [7, 11) is 0. The maximum Gasteiger partial charge on any atom is 0.191 e.